The number of carbonyl (C=O) groups is 1. The van der Waals surface area contributed by atoms with Crippen molar-refractivity contribution in [3.05, 3.63) is 58.3 Å². The normalized spacial score (nSPS) is 15.0. The number of ether oxygens (including phenoxy) is 1. The van der Waals surface area contributed by atoms with E-state index in [1.165, 1.54) is 12.1 Å². The molecule has 126 valence electrons. The number of nitrogens with zero attached hydrogens (tertiary/aromatic N) is 1. The summed E-state index contributed by atoms with van der Waals surface area (Å²) in [4.78, 5) is 14.9. The Bertz CT molecular complexity index is 744. The molecule has 0 aliphatic heterocycles. The Kier molecular flexibility index (Phi) is 4.90. The van der Waals surface area contributed by atoms with E-state index in [4.69, 9.17) is 4.74 Å². The molecule has 1 amide bonds. The van der Waals surface area contributed by atoms with Gasteiger partial charge in [0.05, 0.1) is 12.7 Å². The van der Waals surface area contributed by atoms with E-state index in [0.29, 0.717) is 16.0 Å². The highest BCUT2D eigenvalue weighted by atomic mass is 79.9. The van der Waals surface area contributed by atoms with Crippen molar-refractivity contribution in [3.8, 4) is 5.75 Å². The van der Waals surface area contributed by atoms with Gasteiger partial charge in [0.25, 0.3) is 5.91 Å². The first-order valence-corrected chi connectivity index (χ1v) is 8.73. The molecule has 0 N–H and O–H groups in total. The number of hydrogen-bond acceptors (Lipinski definition) is 2. The molecule has 1 atom stereocenters. The van der Waals surface area contributed by atoms with Crippen LogP contribution in [0.1, 0.15) is 30.1 Å². The summed E-state index contributed by atoms with van der Waals surface area (Å²) in [6.45, 7) is 2.05. The molecule has 0 heterocycles. The van der Waals surface area contributed by atoms with Gasteiger partial charge in [-0.1, -0.05) is 0 Å². The molecule has 5 heteroatoms. The van der Waals surface area contributed by atoms with E-state index < -0.39 is 5.82 Å². The molecule has 24 heavy (non-hydrogen) atoms. The van der Waals surface area contributed by atoms with Crippen molar-refractivity contribution in [1.29, 1.82) is 0 Å². The zero-order valence-electron chi connectivity index (χ0n) is 13.6. The predicted octanol–water partition coefficient (Wildman–Crippen LogP) is 5.04. The number of rotatable bonds is 5. The molecule has 2 aromatic carbocycles. The van der Waals surface area contributed by atoms with Crippen molar-refractivity contribution >= 4 is 27.5 Å². The fraction of sp³-hybridized carbons (Fsp3) is 0.316. The smallest absolute Gasteiger partial charge is 0.259 e. The van der Waals surface area contributed by atoms with Gasteiger partial charge in [-0.2, -0.15) is 0 Å². The van der Waals surface area contributed by atoms with Gasteiger partial charge >= 0.3 is 0 Å². The second-order valence-corrected chi connectivity index (χ2v) is 6.93. The summed E-state index contributed by atoms with van der Waals surface area (Å²) in [7, 11) is 1.61. The summed E-state index contributed by atoms with van der Waals surface area (Å²) in [5.41, 5.74) is 1.12. The fourth-order valence-corrected chi connectivity index (χ4v) is 3.28. The lowest BCUT2D eigenvalue weighted by atomic mass is 10.1. The quantitative estimate of drug-likeness (QED) is 0.714. The van der Waals surface area contributed by atoms with Crippen LogP contribution in [0.5, 0.6) is 5.75 Å². The highest BCUT2D eigenvalue weighted by molar-refractivity contribution is 9.10. The zero-order valence-corrected chi connectivity index (χ0v) is 15.2. The Morgan fingerprint density at radius 1 is 1.25 bits per heavy atom. The molecule has 0 aromatic heterocycles. The Hall–Kier alpha value is -1.88. The summed E-state index contributed by atoms with van der Waals surface area (Å²) in [6.07, 6.45) is 2.23. The average Bonchev–Trinajstić information content (AvgIpc) is 3.42. The van der Waals surface area contributed by atoms with E-state index in [2.05, 4.69) is 15.9 Å². The van der Waals surface area contributed by atoms with Crippen molar-refractivity contribution in [2.45, 2.75) is 25.8 Å². The highest BCUT2D eigenvalue weighted by Gasteiger charge is 2.36. The first-order chi connectivity index (χ1) is 11.5. The maximum atomic E-state index is 13.6. The van der Waals surface area contributed by atoms with Gasteiger partial charge in [0.1, 0.15) is 11.6 Å². The van der Waals surface area contributed by atoms with Crippen LogP contribution in [0.25, 0.3) is 0 Å². The second-order valence-electron chi connectivity index (χ2n) is 6.08. The van der Waals surface area contributed by atoms with E-state index >= 15 is 0 Å². The van der Waals surface area contributed by atoms with Crippen LogP contribution in [-0.4, -0.2) is 19.1 Å². The molecule has 0 radical (unpaired) electrons. The van der Waals surface area contributed by atoms with Crippen molar-refractivity contribution in [2.24, 2.45) is 5.92 Å². The maximum Gasteiger partial charge on any atom is 0.259 e. The Morgan fingerprint density at radius 3 is 2.50 bits per heavy atom. The van der Waals surface area contributed by atoms with Crippen LogP contribution < -0.4 is 9.64 Å². The number of anilines is 1. The summed E-state index contributed by atoms with van der Waals surface area (Å²) < 4.78 is 19.4. The Morgan fingerprint density at radius 2 is 1.92 bits per heavy atom. The van der Waals surface area contributed by atoms with Gasteiger partial charge in [0.15, 0.2) is 0 Å². The number of halogens is 2. The molecule has 1 aliphatic rings. The van der Waals surface area contributed by atoms with Crippen molar-refractivity contribution in [3.63, 3.8) is 0 Å². The SMILES string of the molecule is COc1ccc(N(C(=O)c2cc(F)ccc2Br)C(C)C2CC2)cc1. The van der Waals surface area contributed by atoms with E-state index in [1.54, 1.807) is 18.1 Å². The van der Waals surface area contributed by atoms with Crippen LogP contribution in [0.4, 0.5) is 10.1 Å². The lowest BCUT2D eigenvalue weighted by Gasteiger charge is -2.30. The van der Waals surface area contributed by atoms with E-state index in [9.17, 15) is 9.18 Å². The summed E-state index contributed by atoms with van der Waals surface area (Å²) in [6, 6.07) is 11.6. The number of amides is 1. The third-order valence-corrected chi connectivity index (χ3v) is 5.13. The fourth-order valence-electron chi connectivity index (χ4n) is 2.86. The minimum absolute atomic E-state index is 0.0565. The molecule has 1 fully saturated rings. The topological polar surface area (TPSA) is 29.5 Å². The predicted molar refractivity (Wildman–Crippen MR) is 96.1 cm³/mol. The van der Waals surface area contributed by atoms with Crippen LogP contribution >= 0.6 is 15.9 Å². The molecule has 1 saturated carbocycles. The molecular formula is C19H19BrFNO2. The minimum atomic E-state index is -0.421. The zero-order chi connectivity index (χ0) is 17.3. The largest absolute Gasteiger partial charge is 0.497 e. The summed E-state index contributed by atoms with van der Waals surface area (Å²) >= 11 is 3.36. The van der Waals surface area contributed by atoms with E-state index in [1.807, 2.05) is 31.2 Å². The molecule has 3 nitrogen and oxygen atoms in total. The van der Waals surface area contributed by atoms with Gasteiger partial charge in [-0.15, -0.1) is 0 Å². The summed E-state index contributed by atoms with van der Waals surface area (Å²) in [5.74, 6) is 0.599. The van der Waals surface area contributed by atoms with Crippen LogP contribution in [0.2, 0.25) is 0 Å². The van der Waals surface area contributed by atoms with Gasteiger partial charge in [0, 0.05) is 16.2 Å². The molecule has 3 rings (SSSR count). The first kappa shape index (κ1) is 17.0. The standard InChI is InChI=1S/C19H19BrFNO2/c1-12(13-3-4-13)22(15-6-8-16(24-2)9-7-15)19(23)17-11-14(21)5-10-18(17)20/h5-13H,3-4H2,1-2H3. The monoisotopic (exact) mass is 391 g/mol. The number of hydrogen-bond donors (Lipinski definition) is 0. The second kappa shape index (κ2) is 6.93. The number of carbonyl (C=O) groups excluding carboxylic acids is 1. The lowest BCUT2D eigenvalue weighted by molar-refractivity contribution is 0.0974. The maximum absolute atomic E-state index is 13.6. The third kappa shape index (κ3) is 3.46. The van der Waals surface area contributed by atoms with Gasteiger partial charge in [-0.05, 0) is 84.1 Å². The van der Waals surface area contributed by atoms with Crippen LogP contribution in [0.15, 0.2) is 46.9 Å². The van der Waals surface area contributed by atoms with Gasteiger partial charge in [-0.25, -0.2) is 4.39 Å². The lowest BCUT2D eigenvalue weighted by Crippen LogP contribution is -2.40. The molecule has 0 bridgehead atoms. The first-order valence-electron chi connectivity index (χ1n) is 7.94. The molecule has 0 spiro atoms. The summed E-state index contributed by atoms with van der Waals surface area (Å²) in [5, 5.41) is 0. The van der Waals surface area contributed by atoms with Crippen LogP contribution in [0.3, 0.4) is 0 Å². The van der Waals surface area contributed by atoms with Gasteiger partial charge in [0.2, 0.25) is 0 Å². The number of methoxy groups -OCH3 is 1. The van der Waals surface area contributed by atoms with Crippen molar-refractivity contribution in [1.82, 2.24) is 0 Å². The molecule has 2 aromatic rings. The minimum Gasteiger partial charge on any atom is -0.497 e. The molecular weight excluding hydrogens is 373 g/mol. The van der Waals surface area contributed by atoms with Gasteiger partial charge in [-0.3, -0.25) is 4.79 Å². The molecule has 1 unspecified atom stereocenters. The van der Waals surface area contributed by atoms with Crippen LogP contribution in [0, 0.1) is 11.7 Å². The highest BCUT2D eigenvalue weighted by Crippen LogP contribution is 2.38. The van der Waals surface area contributed by atoms with E-state index in [-0.39, 0.29) is 11.9 Å². The third-order valence-electron chi connectivity index (χ3n) is 4.44. The molecule has 0 saturated heterocycles. The van der Waals surface area contributed by atoms with E-state index in [0.717, 1.165) is 24.3 Å². The van der Waals surface area contributed by atoms with Crippen molar-refractivity contribution < 1.29 is 13.9 Å². The Labute approximate surface area is 149 Å². The van der Waals surface area contributed by atoms with Gasteiger partial charge < -0.3 is 9.64 Å². The Balaban J connectivity index is 2.00. The van der Waals surface area contributed by atoms with Crippen molar-refractivity contribution in [2.75, 3.05) is 12.0 Å². The number of benzene rings is 2. The average molecular weight is 392 g/mol. The molecule has 1 aliphatic carbocycles. The van der Waals surface area contributed by atoms with Crippen LogP contribution in [-0.2, 0) is 0 Å².